The van der Waals surface area contributed by atoms with Crippen LogP contribution >= 0.6 is 0 Å². The first-order valence-electron chi connectivity index (χ1n) is 8.20. The molecule has 0 amide bonds. The predicted molar refractivity (Wildman–Crippen MR) is 93.0 cm³/mol. The molecule has 0 fully saturated rings. The van der Waals surface area contributed by atoms with Crippen LogP contribution in [0.2, 0.25) is 0 Å². The van der Waals surface area contributed by atoms with E-state index in [2.05, 4.69) is 48.6 Å². The highest BCUT2D eigenvalue weighted by atomic mass is 16.5. The Bertz CT molecular complexity index is 693. The molecule has 118 valence electrons. The first kappa shape index (κ1) is 15.5. The van der Waals surface area contributed by atoms with E-state index in [4.69, 9.17) is 4.74 Å². The highest BCUT2D eigenvalue weighted by Crippen LogP contribution is 2.38. The van der Waals surface area contributed by atoms with E-state index in [0.717, 1.165) is 19.3 Å². The largest absolute Gasteiger partial charge is 0.466 e. The Morgan fingerprint density at radius 3 is 2.39 bits per heavy atom. The fourth-order valence-electron chi connectivity index (χ4n) is 3.25. The molecule has 2 nitrogen and oxygen atoms in total. The summed E-state index contributed by atoms with van der Waals surface area (Å²) in [6.07, 6.45) is 6.44. The number of benzene rings is 2. The van der Waals surface area contributed by atoms with E-state index in [0.29, 0.717) is 6.61 Å². The molecular formula is C21H22O2. The van der Waals surface area contributed by atoms with Crippen molar-refractivity contribution in [1.29, 1.82) is 0 Å². The Balaban J connectivity index is 1.86. The monoisotopic (exact) mass is 306 g/mol. The second kappa shape index (κ2) is 6.82. The SMILES string of the molecule is CCOC(=O)C1(Cc2cccc(-c3ccccc3)c2)CC=CC1. The van der Waals surface area contributed by atoms with Gasteiger partial charge in [-0.3, -0.25) is 4.79 Å². The first-order chi connectivity index (χ1) is 11.2. The lowest BCUT2D eigenvalue weighted by Crippen LogP contribution is -2.32. The van der Waals surface area contributed by atoms with Crippen LogP contribution in [0.5, 0.6) is 0 Å². The molecule has 0 bridgehead atoms. The van der Waals surface area contributed by atoms with E-state index in [1.54, 1.807) is 0 Å². The van der Waals surface area contributed by atoms with Gasteiger partial charge in [-0.1, -0.05) is 66.7 Å². The summed E-state index contributed by atoms with van der Waals surface area (Å²) in [5.74, 6) is -0.0740. The van der Waals surface area contributed by atoms with Gasteiger partial charge in [0.15, 0.2) is 0 Å². The Labute approximate surface area is 137 Å². The number of carbonyl (C=O) groups is 1. The number of ether oxygens (including phenoxy) is 1. The van der Waals surface area contributed by atoms with Gasteiger partial charge in [0.25, 0.3) is 0 Å². The van der Waals surface area contributed by atoms with Gasteiger partial charge in [0.2, 0.25) is 0 Å². The van der Waals surface area contributed by atoms with Gasteiger partial charge in [0.05, 0.1) is 12.0 Å². The van der Waals surface area contributed by atoms with E-state index in [1.165, 1.54) is 16.7 Å². The van der Waals surface area contributed by atoms with Gasteiger partial charge >= 0.3 is 5.97 Å². The van der Waals surface area contributed by atoms with Crippen molar-refractivity contribution < 1.29 is 9.53 Å². The molecule has 0 saturated heterocycles. The van der Waals surface area contributed by atoms with Gasteiger partial charge in [0.1, 0.15) is 0 Å². The number of allylic oxidation sites excluding steroid dienone is 2. The smallest absolute Gasteiger partial charge is 0.313 e. The minimum absolute atomic E-state index is 0.0740. The van der Waals surface area contributed by atoms with E-state index in [9.17, 15) is 4.79 Å². The van der Waals surface area contributed by atoms with Crippen LogP contribution in [0.1, 0.15) is 25.3 Å². The molecule has 0 spiro atoms. The van der Waals surface area contributed by atoms with Crippen molar-refractivity contribution in [3.8, 4) is 11.1 Å². The van der Waals surface area contributed by atoms with Crippen LogP contribution in [0.4, 0.5) is 0 Å². The quantitative estimate of drug-likeness (QED) is 0.586. The summed E-state index contributed by atoms with van der Waals surface area (Å²) in [5.41, 5.74) is 3.14. The van der Waals surface area contributed by atoms with E-state index >= 15 is 0 Å². The summed E-state index contributed by atoms with van der Waals surface area (Å²) in [7, 11) is 0. The van der Waals surface area contributed by atoms with E-state index in [1.807, 2.05) is 25.1 Å². The van der Waals surface area contributed by atoms with Gasteiger partial charge in [-0.25, -0.2) is 0 Å². The second-order valence-corrected chi connectivity index (χ2v) is 6.12. The summed E-state index contributed by atoms with van der Waals surface area (Å²) in [6.45, 7) is 2.30. The lowest BCUT2D eigenvalue weighted by molar-refractivity contribution is -0.154. The minimum atomic E-state index is -0.425. The van der Waals surface area contributed by atoms with Crippen LogP contribution in [-0.2, 0) is 16.0 Å². The highest BCUT2D eigenvalue weighted by molar-refractivity contribution is 5.78. The number of carbonyl (C=O) groups excluding carboxylic acids is 1. The van der Waals surface area contributed by atoms with Crippen LogP contribution in [0, 0.1) is 5.41 Å². The van der Waals surface area contributed by atoms with Crippen LogP contribution in [0.25, 0.3) is 11.1 Å². The minimum Gasteiger partial charge on any atom is -0.466 e. The molecule has 0 atom stereocenters. The molecule has 0 saturated carbocycles. The molecule has 0 aromatic heterocycles. The molecule has 0 radical (unpaired) electrons. The number of esters is 1. The molecule has 0 aliphatic heterocycles. The van der Waals surface area contributed by atoms with Crippen LogP contribution in [0.3, 0.4) is 0 Å². The molecule has 0 unspecified atom stereocenters. The molecule has 1 aliphatic carbocycles. The lowest BCUT2D eigenvalue weighted by atomic mass is 9.79. The maximum absolute atomic E-state index is 12.5. The summed E-state index contributed by atoms with van der Waals surface area (Å²) >= 11 is 0. The molecule has 0 heterocycles. The third-order valence-corrected chi connectivity index (χ3v) is 4.47. The van der Waals surface area contributed by atoms with Gasteiger partial charge < -0.3 is 4.74 Å². The van der Waals surface area contributed by atoms with Gasteiger partial charge in [0, 0.05) is 0 Å². The summed E-state index contributed by atoms with van der Waals surface area (Å²) in [4.78, 5) is 12.5. The van der Waals surface area contributed by atoms with Gasteiger partial charge in [-0.05, 0) is 42.9 Å². The third-order valence-electron chi connectivity index (χ3n) is 4.47. The predicted octanol–water partition coefficient (Wildman–Crippen LogP) is 4.80. The molecule has 2 aromatic rings. The Hall–Kier alpha value is -2.35. The first-order valence-corrected chi connectivity index (χ1v) is 8.20. The Morgan fingerprint density at radius 2 is 1.70 bits per heavy atom. The summed E-state index contributed by atoms with van der Waals surface area (Å²) in [5, 5.41) is 0. The Morgan fingerprint density at radius 1 is 1.00 bits per heavy atom. The Kier molecular flexibility index (Phi) is 4.61. The zero-order chi connectivity index (χ0) is 16.1. The van der Waals surface area contributed by atoms with Crippen molar-refractivity contribution in [1.82, 2.24) is 0 Å². The molecular weight excluding hydrogens is 284 g/mol. The standard InChI is InChI=1S/C21H22O2/c1-2-23-20(22)21(13-6-7-14-21)16-17-9-8-12-19(15-17)18-10-4-3-5-11-18/h3-12,15H,2,13-14,16H2,1H3. The molecule has 2 aromatic carbocycles. The van der Waals surface area contributed by atoms with Gasteiger partial charge in [-0.15, -0.1) is 0 Å². The second-order valence-electron chi connectivity index (χ2n) is 6.12. The maximum Gasteiger partial charge on any atom is 0.313 e. The molecule has 1 aliphatic rings. The van der Waals surface area contributed by atoms with Crippen molar-refractivity contribution >= 4 is 5.97 Å². The van der Waals surface area contributed by atoms with Crippen molar-refractivity contribution in [2.45, 2.75) is 26.2 Å². The fourth-order valence-corrected chi connectivity index (χ4v) is 3.25. The van der Waals surface area contributed by atoms with Crippen molar-refractivity contribution in [2.75, 3.05) is 6.61 Å². The topological polar surface area (TPSA) is 26.3 Å². The molecule has 2 heteroatoms. The van der Waals surface area contributed by atoms with Crippen molar-refractivity contribution in [2.24, 2.45) is 5.41 Å². The zero-order valence-corrected chi connectivity index (χ0v) is 13.5. The van der Waals surface area contributed by atoms with Crippen LogP contribution in [-0.4, -0.2) is 12.6 Å². The van der Waals surface area contributed by atoms with Gasteiger partial charge in [-0.2, -0.15) is 0 Å². The molecule has 23 heavy (non-hydrogen) atoms. The van der Waals surface area contributed by atoms with E-state index < -0.39 is 5.41 Å². The average Bonchev–Trinajstić information content (AvgIpc) is 3.06. The average molecular weight is 306 g/mol. The summed E-state index contributed by atoms with van der Waals surface area (Å²) < 4.78 is 5.34. The van der Waals surface area contributed by atoms with Crippen LogP contribution < -0.4 is 0 Å². The highest BCUT2D eigenvalue weighted by Gasteiger charge is 2.40. The van der Waals surface area contributed by atoms with E-state index in [-0.39, 0.29) is 5.97 Å². The van der Waals surface area contributed by atoms with Crippen molar-refractivity contribution in [3.63, 3.8) is 0 Å². The third kappa shape index (κ3) is 3.37. The number of hydrogen-bond acceptors (Lipinski definition) is 2. The summed E-state index contributed by atoms with van der Waals surface area (Å²) in [6, 6.07) is 18.8. The number of hydrogen-bond donors (Lipinski definition) is 0. The lowest BCUT2D eigenvalue weighted by Gasteiger charge is -2.26. The molecule has 0 N–H and O–H groups in total. The van der Waals surface area contributed by atoms with Crippen LogP contribution in [0.15, 0.2) is 66.7 Å². The molecule has 3 rings (SSSR count). The normalized spacial score (nSPS) is 15.5. The maximum atomic E-state index is 12.5. The zero-order valence-electron chi connectivity index (χ0n) is 13.5. The van der Waals surface area contributed by atoms with Crippen molar-refractivity contribution in [3.05, 3.63) is 72.3 Å². The fraction of sp³-hybridized carbons (Fsp3) is 0.286. The number of rotatable bonds is 5.